The topological polar surface area (TPSA) is 3.24 Å². The van der Waals surface area contributed by atoms with Gasteiger partial charge in [0.2, 0.25) is 0 Å². The zero-order valence-electron chi connectivity index (χ0n) is 8.76. The van der Waals surface area contributed by atoms with Gasteiger partial charge in [-0.2, -0.15) is 0 Å². The first kappa shape index (κ1) is 9.26. The third-order valence-corrected chi connectivity index (χ3v) is 4.20. The van der Waals surface area contributed by atoms with Gasteiger partial charge in [0.1, 0.15) is 0 Å². The van der Waals surface area contributed by atoms with Gasteiger partial charge in [-0.25, -0.2) is 0 Å². The van der Waals surface area contributed by atoms with Gasteiger partial charge in [-0.1, -0.05) is 19.4 Å². The first-order valence-electron chi connectivity index (χ1n) is 5.60. The van der Waals surface area contributed by atoms with E-state index in [1.54, 1.807) is 0 Å². The number of rotatable bonds is 2. The first-order chi connectivity index (χ1) is 6.27. The van der Waals surface area contributed by atoms with E-state index >= 15 is 0 Å². The van der Waals surface area contributed by atoms with E-state index in [2.05, 4.69) is 18.4 Å². The molecule has 1 aliphatic heterocycles. The van der Waals surface area contributed by atoms with E-state index < -0.39 is 0 Å². The van der Waals surface area contributed by atoms with Crippen LogP contribution in [0.15, 0.2) is 12.7 Å². The fourth-order valence-corrected chi connectivity index (χ4v) is 2.98. The fraction of sp³-hybridized carbons (Fsp3) is 0.833. The van der Waals surface area contributed by atoms with Gasteiger partial charge < -0.3 is 0 Å². The minimum Gasteiger partial charge on any atom is -0.299 e. The maximum atomic E-state index is 3.82. The highest BCUT2D eigenvalue weighted by atomic mass is 15.1. The first-order valence-corrected chi connectivity index (χ1v) is 5.60. The average Bonchev–Trinajstić information content (AvgIpc) is 2.06. The summed E-state index contributed by atoms with van der Waals surface area (Å²) < 4.78 is 0. The Morgan fingerprint density at radius 3 is 2.85 bits per heavy atom. The van der Waals surface area contributed by atoms with E-state index in [1.165, 1.54) is 38.8 Å². The smallest absolute Gasteiger partial charge is 0.0160 e. The molecule has 2 rings (SSSR count). The predicted molar refractivity (Wildman–Crippen MR) is 56.7 cm³/mol. The summed E-state index contributed by atoms with van der Waals surface area (Å²) in [4.78, 5) is 2.58. The predicted octanol–water partition coefficient (Wildman–Crippen LogP) is 2.68. The van der Waals surface area contributed by atoms with Crippen LogP contribution in [0.2, 0.25) is 0 Å². The van der Waals surface area contributed by atoms with Gasteiger partial charge in [-0.15, -0.1) is 6.58 Å². The maximum Gasteiger partial charge on any atom is 0.0160 e. The number of hydrogen-bond acceptors (Lipinski definition) is 1. The molecule has 1 unspecified atom stereocenters. The molecule has 74 valence electrons. The standard InChI is InChI=1S/C12H21N/c1-3-8-13-9-5-11(2)12(10-13)6-4-7-12/h3,11H,1,4-10H2,2H3. The molecule has 1 nitrogen and oxygen atoms in total. The molecular formula is C12H21N. The Bertz CT molecular complexity index is 193. The molecule has 1 atom stereocenters. The molecule has 1 heterocycles. The van der Waals surface area contributed by atoms with Crippen LogP contribution >= 0.6 is 0 Å². The maximum absolute atomic E-state index is 3.82. The van der Waals surface area contributed by atoms with E-state index in [0.29, 0.717) is 5.41 Å². The lowest BCUT2D eigenvalue weighted by molar-refractivity contribution is -0.0240. The molecule has 0 aromatic heterocycles. The van der Waals surface area contributed by atoms with Crippen LogP contribution in [0.3, 0.4) is 0 Å². The molecule has 0 aromatic carbocycles. The summed E-state index contributed by atoms with van der Waals surface area (Å²) in [5, 5.41) is 0. The summed E-state index contributed by atoms with van der Waals surface area (Å²) in [7, 11) is 0. The monoisotopic (exact) mass is 179 g/mol. The molecule has 0 N–H and O–H groups in total. The van der Waals surface area contributed by atoms with E-state index in [9.17, 15) is 0 Å². The van der Waals surface area contributed by atoms with Gasteiger partial charge in [0, 0.05) is 13.1 Å². The van der Waals surface area contributed by atoms with Crippen LogP contribution in [-0.2, 0) is 0 Å². The average molecular weight is 179 g/mol. The SMILES string of the molecule is C=CCN1CCC(C)C2(CCC2)C1. The van der Waals surface area contributed by atoms with Gasteiger partial charge in [0.15, 0.2) is 0 Å². The lowest BCUT2D eigenvalue weighted by Crippen LogP contribution is -2.51. The third kappa shape index (κ3) is 1.54. The van der Waals surface area contributed by atoms with Crippen molar-refractivity contribution < 1.29 is 0 Å². The lowest BCUT2D eigenvalue weighted by Gasteiger charge is -2.53. The van der Waals surface area contributed by atoms with Crippen molar-refractivity contribution in [3.05, 3.63) is 12.7 Å². The summed E-state index contributed by atoms with van der Waals surface area (Å²) in [5.74, 6) is 0.960. The molecule has 2 aliphatic rings. The normalized spacial score (nSPS) is 32.8. The summed E-state index contributed by atoms with van der Waals surface area (Å²) in [6.45, 7) is 9.98. The second-order valence-corrected chi connectivity index (χ2v) is 4.93. The van der Waals surface area contributed by atoms with Gasteiger partial charge in [-0.3, -0.25) is 4.90 Å². The largest absolute Gasteiger partial charge is 0.299 e. The number of nitrogens with zero attached hydrogens (tertiary/aromatic N) is 1. The summed E-state index contributed by atoms with van der Waals surface area (Å²) >= 11 is 0. The molecule has 0 bridgehead atoms. The quantitative estimate of drug-likeness (QED) is 0.589. The van der Waals surface area contributed by atoms with E-state index in [-0.39, 0.29) is 0 Å². The highest BCUT2D eigenvalue weighted by molar-refractivity contribution is 4.98. The molecule has 1 saturated carbocycles. The minimum atomic E-state index is 0.710. The molecule has 2 fully saturated rings. The fourth-order valence-electron chi connectivity index (χ4n) is 2.98. The van der Waals surface area contributed by atoms with E-state index in [4.69, 9.17) is 0 Å². The van der Waals surface area contributed by atoms with Crippen molar-refractivity contribution in [3.8, 4) is 0 Å². The van der Waals surface area contributed by atoms with Crippen molar-refractivity contribution in [2.24, 2.45) is 11.3 Å². The molecular weight excluding hydrogens is 158 g/mol. The molecule has 1 saturated heterocycles. The van der Waals surface area contributed by atoms with Crippen molar-refractivity contribution in [2.75, 3.05) is 19.6 Å². The van der Waals surface area contributed by atoms with Crippen molar-refractivity contribution in [1.82, 2.24) is 4.90 Å². The molecule has 0 amide bonds. The van der Waals surface area contributed by atoms with Crippen LogP contribution in [0.5, 0.6) is 0 Å². The highest BCUT2D eigenvalue weighted by Gasteiger charge is 2.44. The van der Waals surface area contributed by atoms with Crippen LogP contribution in [0, 0.1) is 11.3 Å². The van der Waals surface area contributed by atoms with Gasteiger partial charge in [0.25, 0.3) is 0 Å². The van der Waals surface area contributed by atoms with Crippen molar-refractivity contribution in [3.63, 3.8) is 0 Å². The Labute approximate surface area is 81.8 Å². The van der Waals surface area contributed by atoms with Crippen LogP contribution < -0.4 is 0 Å². The molecule has 1 spiro atoms. The Morgan fingerprint density at radius 2 is 2.31 bits per heavy atom. The number of likely N-dealkylation sites (tertiary alicyclic amines) is 1. The van der Waals surface area contributed by atoms with Crippen LogP contribution in [0.25, 0.3) is 0 Å². The summed E-state index contributed by atoms with van der Waals surface area (Å²) in [6, 6.07) is 0. The van der Waals surface area contributed by atoms with E-state index in [0.717, 1.165) is 12.5 Å². The molecule has 0 aromatic rings. The molecule has 0 radical (unpaired) electrons. The molecule has 13 heavy (non-hydrogen) atoms. The van der Waals surface area contributed by atoms with Crippen LogP contribution in [-0.4, -0.2) is 24.5 Å². The number of hydrogen-bond donors (Lipinski definition) is 0. The molecule has 1 aliphatic carbocycles. The van der Waals surface area contributed by atoms with Crippen LogP contribution in [0.4, 0.5) is 0 Å². The second kappa shape index (κ2) is 3.45. The Hall–Kier alpha value is -0.300. The van der Waals surface area contributed by atoms with Crippen molar-refractivity contribution >= 4 is 0 Å². The Morgan fingerprint density at radius 1 is 1.54 bits per heavy atom. The zero-order chi connectivity index (χ0) is 9.31. The molecule has 1 heteroatoms. The van der Waals surface area contributed by atoms with Gasteiger partial charge in [0.05, 0.1) is 0 Å². The van der Waals surface area contributed by atoms with E-state index in [1.807, 2.05) is 6.08 Å². The van der Waals surface area contributed by atoms with Gasteiger partial charge in [-0.05, 0) is 37.1 Å². The summed E-state index contributed by atoms with van der Waals surface area (Å²) in [6.07, 6.45) is 7.85. The Kier molecular flexibility index (Phi) is 2.46. The zero-order valence-corrected chi connectivity index (χ0v) is 8.76. The minimum absolute atomic E-state index is 0.710. The van der Waals surface area contributed by atoms with Crippen molar-refractivity contribution in [1.29, 1.82) is 0 Å². The summed E-state index contributed by atoms with van der Waals surface area (Å²) in [5.41, 5.74) is 0.710. The number of piperidine rings is 1. The van der Waals surface area contributed by atoms with Crippen LogP contribution in [0.1, 0.15) is 32.6 Å². The third-order valence-electron chi connectivity index (χ3n) is 4.20. The van der Waals surface area contributed by atoms with Gasteiger partial charge >= 0.3 is 0 Å². The lowest BCUT2D eigenvalue weighted by atomic mass is 9.59. The second-order valence-electron chi connectivity index (χ2n) is 4.93. The Balaban J connectivity index is 1.97. The van der Waals surface area contributed by atoms with Crippen molar-refractivity contribution in [2.45, 2.75) is 32.6 Å². The highest BCUT2D eigenvalue weighted by Crippen LogP contribution is 2.50.